The van der Waals surface area contributed by atoms with Crippen LogP contribution in [0.1, 0.15) is 62.5 Å². The summed E-state index contributed by atoms with van der Waals surface area (Å²) in [7, 11) is 1.74. The monoisotopic (exact) mass is 722 g/mol. The molecule has 0 heterocycles. The zero-order valence-electron chi connectivity index (χ0n) is 29.7. The molecule has 0 aromatic heterocycles. The second-order valence-electron chi connectivity index (χ2n) is 14.8. The Kier molecular flexibility index (Phi) is 10.8. The smallest absolute Gasteiger partial charge is 0.255 e. The van der Waals surface area contributed by atoms with Crippen LogP contribution in [0.15, 0.2) is 59.4 Å². The lowest BCUT2D eigenvalue weighted by Crippen LogP contribution is -2.70. The minimum atomic E-state index is -3.00. The third kappa shape index (κ3) is 6.59. The Balaban J connectivity index is 1.31. The van der Waals surface area contributed by atoms with E-state index in [2.05, 4.69) is 42.9 Å². The Labute approximate surface area is 298 Å². The highest BCUT2D eigenvalue weighted by Gasteiger charge is 2.68. The summed E-state index contributed by atoms with van der Waals surface area (Å²) < 4.78 is 0. The van der Waals surface area contributed by atoms with Gasteiger partial charge in [-0.1, -0.05) is 44.0 Å². The van der Waals surface area contributed by atoms with Crippen LogP contribution in [-0.4, -0.2) is 105 Å². The highest BCUT2D eigenvalue weighted by molar-refractivity contribution is 7.81. The van der Waals surface area contributed by atoms with Crippen molar-refractivity contribution in [2.24, 2.45) is 17.6 Å². The van der Waals surface area contributed by atoms with Crippen molar-refractivity contribution in [3.05, 3.63) is 70.5 Å². The van der Waals surface area contributed by atoms with Gasteiger partial charge in [0.1, 0.15) is 22.8 Å². The number of nitrogens with two attached hydrogens (primary N) is 1. The molecule has 5 rings (SSSR count). The Bertz CT molecular complexity index is 1800. The number of aliphatic hydroxyl groups excluding tert-OH is 3. The normalized spacial score (nSPS) is 26.2. The lowest BCUT2D eigenvalue weighted by molar-refractivity contribution is -0.169. The largest absolute Gasteiger partial charge is 0.508 e. The molecule has 0 spiro atoms. The van der Waals surface area contributed by atoms with Crippen molar-refractivity contribution >= 4 is 47.4 Å². The van der Waals surface area contributed by atoms with E-state index in [1.54, 1.807) is 13.0 Å². The van der Waals surface area contributed by atoms with E-state index in [-0.39, 0.29) is 23.6 Å². The molecule has 1 saturated carbocycles. The van der Waals surface area contributed by atoms with E-state index in [0.717, 1.165) is 25.7 Å². The van der Waals surface area contributed by atoms with Gasteiger partial charge in [-0.25, -0.2) is 0 Å². The average Bonchev–Trinajstić information content (AvgIpc) is 3.07. The zero-order chi connectivity index (χ0) is 37.6. The number of benzene rings is 2. The predicted molar refractivity (Wildman–Crippen MR) is 196 cm³/mol. The third-order valence-corrected chi connectivity index (χ3v) is 14.1. The molecule has 0 unspecified atom stereocenters. The van der Waals surface area contributed by atoms with Crippen molar-refractivity contribution in [2.45, 2.75) is 69.1 Å². The van der Waals surface area contributed by atoms with Crippen molar-refractivity contribution in [1.82, 2.24) is 4.90 Å². The maximum atomic E-state index is 14.2. The molecule has 3 aliphatic carbocycles. The molecule has 3 aliphatic rings. The number of aromatic hydroxyl groups is 1. The van der Waals surface area contributed by atoms with Gasteiger partial charge in [-0.05, 0) is 63.0 Å². The molecule has 0 saturated heterocycles. The summed E-state index contributed by atoms with van der Waals surface area (Å²) in [6.07, 6.45) is 4.41. The van der Waals surface area contributed by atoms with Gasteiger partial charge in [-0.3, -0.25) is 24.1 Å². The Morgan fingerprint density at radius 2 is 1.59 bits per heavy atom. The molecule has 6 atom stereocenters. The molecule has 0 radical (unpaired) electrons. The first kappa shape index (κ1) is 38.1. The van der Waals surface area contributed by atoms with Crippen LogP contribution >= 0.6 is 7.26 Å². The van der Waals surface area contributed by atoms with Gasteiger partial charge in [-0.15, -0.1) is 0 Å². The highest BCUT2D eigenvalue weighted by atomic mass is 31.2. The van der Waals surface area contributed by atoms with Crippen molar-refractivity contribution in [1.29, 1.82) is 0 Å². The van der Waals surface area contributed by atoms with Gasteiger partial charge in [0.2, 0.25) is 11.7 Å². The minimum absolute atomic E-state index is 0.00116. The van der Waals surface area contributed by atoms with Crippen molar-refractivity contribution in [3.8, 4) is 5.75 Å². The van der Waals surface area contributed by atoms with Gasteiger partial charge >= 0.3 is 0 Å². The Morgan fingerprint density at radius 1 is 0.961 bits per heavy atom. The van der Waals surface area contributed by atoms with E-state index >= 15 is 0 Å². The number of fused-ring (bicyclic) bond motifs is 3. The Morgan fingerprint density at radius 3 is 2.22 bits per heavy atom. The fourth-order valence-corrected chi connectivity index (χ4v) is 10.5. The van der Waals surface area contributed by atoms with Crippen LogP contribution < -0.4 is 16.4 Å². The molecule has 8 N–H and O–H groups in total. The first-order chi connectivity index (χ1) is 24.0. The maximum absolute atomic E-state index is 14.2. The SMILES string of the molecule is C[C@H]1c2ccc(NC(=O)CCCCCCC[P+](C)(C)c3ccccc3)c(O)c2C(O)=C2C(=O)[C@]3(O)C(O)=C(C(N)=O)C(=O)[C@@H](N(C)C)[C@@H]3[C@@H](O)[C@@H]21. The number of carbonyl (C=O) groups is 4. The number of ketones is 2. The fourth-order valence-electron chi connectivity index (χ4n) is 8.21. The van der Waals surface area contributed by atoms with Gasteiger partial charge in [0, 0.05) is 25.2 Å². The number of anilines is 1. The molecular weight excluding hydrogens is 673 g/mol. The van der Waals surface area contributed by atoms with Crippen molar-refractivity contribution in [3.63, 3.8) is 0 Å². The molecule has 274 valence electrons. The quantitative estimate of drug-likeness (QED) is 0.0735. The summed E-state index contributed by atoms with van der Waals surface area (Å²) in [4.78, 5) is 53.9. The number of unbranched alkanes of at least 4 members (excludes halogenated alkanes) is 4. The summed E-state index contributed by atoms with van der Waals surface area (Å²) in [5.74, 6) is -10.0. The number of nitrogens with zero attached hydrogens (tertiary/aromatic N) is 1. The van der Waals surface area contributed by atoms with Gasteiger partial charge < -0.3 is 36.6 Å². The minimum Gasteiger partial charge on any atom is -0.508 e. The number of likely N-dealkylation sites (N-methyl/N-ethyl adjacent to an activating group) is 1. The number of phenolic OH excluding ortho intramolecular Hbond substituents is 1. The van der Waals surface area contributed by atoms with E-state index in [1.807, 2.05) is 6.07 Å². The van der Waals surface area contributed by atoms with Crippen molar-refractivity contribution < 1.29 is 44.7 Å². The fraction of sp³-hybridized carbons (Fsp3) is 0.474. The predicted octanol–water partition coefficient (Wildman–Crippen LogP) is 3.38. The maximum Gasteiger partial charge on any atom is 0.255 e. The molecule has 0 bridgehead atoms. The van der Waals surface area contributed by atoms with E-state index in [0.29, 0.717) is 12.0 Å². The first-order valence-corrected chi connectivity index (χ1v) is 20.2. The first-order valence-electron chi connectivity index (χ1n) is 17.3. The van der Waals surface area contributed by atoms with Crippen LogP contribution in [0.25, 0.3) is 5.76 Å². The van der Waals surface area contributed by atoms with Crippen LogP contribution in [-0.2, 0) is 19.2 Å². The molecule has 12 nitrogen and oxygen atoms in total. The molecule has 51 heavy (non-hydrogen) atoms. The summed E-state index contributed by atoms with van der Waals surface area (Å²) in [6.45, 7) is 6.37. The highest BCUT2D eigenvalue weighted by Crippen LogP contribution is 2.57. The van der Waals surface area contributed by atoms with Crippen molar-refractivity contribution in [2.75, 3.05) is 38.9 Å². The molecule has 2 amide bonds. The number of amides is 2. The molecule has 2 aromatic rings. The van der Waals surface area contributed by atoms with Gasteiger partial charge in [0.05, 0.1) is 54.1 Å². The van der Waals surface area contributed by atoms with Gasteiger partial charge in [-0.2, -0.15) is 0 Å². The number of primary amides is 1. The summed E-state index contributed by atoms with van der Waals surface area (Å²) in [5, 5.41) is 61.6. The van der Waals surface area contributed by atoms with Crippen LogP contribution in [0.4, 0.5) is 5.69 Å². The van der Waals surface area contributed by atoms with Crippen LogP contribution in [0.5, 0.6) is 5.75 Å². The number of nitrogens with one attached hydrogen (secondary N) is 1. The van der Waals surface area contributed by atoms with Gasteiger partial charge in [0.15, 0.2) is 11.4 Å². The standard InChI is InChI=1S/C38H48N3O9P/c1-20-22-17-18-23(40-24(42)16-12-7-6-8-13-19-51(4,5)21-14-10-9-11-15-21)31(43)26(22)32(44)27-25(20)33(45)29-30(41(2)3)34(46)28(37(39)49)36(48)38(29,50)35(27)47/h9-11,14-15,17-18,20,25,29-30,33,45,50H,6-8,12-13,16,19H2,1-5H3,(H5-,39,40,42,43,44,46,47,48,49)/p+1/t20-,25+,29+,30-,33-,38-/m0/s1. The number of hydrogen-bond donors (Lipinski definition) is 7. The number of rotatable bonds is 12. The Hall–Kier alpha value is -4.09. The van der Waals surface area contributed by atoms with E-state index in [4.69, 9.17) is 5.73 Å². The second kappa shape index (κ2) is 14.5. The second-order valence-corrected chi connectivity index (χ2v) is 19.1. The number of Topliss-reactive ketones (excluding diaryl/α,β-unsaturated/α-hetero) is 2. The number of hydrogen-bond acceptors (Lipinski definition) is 10. The molecule has 13 heteroatoms. The van der Waals surface area contributed by atoms with E-state index < -0.39 is 88.7 Å². The molecular formula is C38H49N3O9P+. The summed E-state index contributed by atoms with van der Waals surface area (Å²) >= 11 is 0. The molecule has 2 aromatic carbocycles. The zero-order valence-corrected chi connectivity index (χ0v) is 30.6. The van der Waals surface area contributed by atoms with E-state index in [1.165, 1.54) is 36.5 Å². The van der Waals surface area contributed by atoms with Crippen LogP contribution in [0.3, 0.4) is 0 Å². The average molecular weight is 723 g/mol. The van der Waals surface area contributed by atoms with Gasteiger partial charge in [0.25, 0.3) is 5.91 Å². The van der Waals surface area contributed by atoms with Crippen LogP contribution in [0.2, 0.25) is 0 Å². The third-order valence-electron chi connectivity index (χ3n) is 11.0. The van der Waals surface area contributed by atoms with E-state index in [9.17, 15) is 44.7 Å². The number of phenols is 1. The number of carbonyl (C=O) groups excluding carboxylic acids is 4. The lowest BCUT2D eigenvalue weighted by Gasteiger charge is -2.53. The topological polar surface area (TPSA) is 211 Å². The number of aliphatic hydroxyl groups is 4. The summed E-state index contributed by atoms with van der Waals surface area (Å²) in [6, 6.07) is 12.2. The molecule has 0 aliphatic heterocycles. The van der Waals surface area contributed by atoms with Crippen LogP contribution in [0, 0.1) is 11.8 Å². The lowest BCUT2D eigenvalue weighted by atomic mass is 9.54. The summed E-state index contributed by atoms with van der Waals surface area (Å²) in [5.41, 5.74) is 1.09. The molecule has 1 fully saturated rings.